The third-order valence-electron chi connectivity index (χ3n) is 4.33. The summed E-state index contributed by atoms with van der Waals surface area (Å²) in [6.45, 7) is 1.80. The highest BCUT2D eigenvalue weighted by Crippen LogP contribution is 2.36. The van der Waals surface area contributed by atoms with Crippen LogP contribution in [0.1, 0.15) is 57.9 Å². The van der Waals surface area contributed by atoms with Crippen molar-refractivity contribution in [1.82, 2.24) is 4.98 Å². The van der Waals surface area contributed by atoms with Gasteiger partial charge >= 0.3 is 12.4 Å². The summed E-state index contributed by atoms with van der Waals surface area (Å²) < 4.78 is 76.8. The van der Waals surface area contributed by atoms with Crippen molar-refractivity contribution in [1.29, 1.82) is 0 Å². The van der Waals surface area contributed by atoms with Crippen LogP contribution in [0.25, 0.3) is 5.57 Å². The van der Waals surface area contributed by atoms with Crippen LogP contribution in [-0.2, 0) is 6.42 Å². The molecule has 0 aliphatic carbocycles. The molecule has 30 heavy (non-hydrogen) atoms. The zero-order valence-electron chi connectivity index (χ0n) is 16.2. The molecule has 2 rings (SSSR count). The Morgan fingerprint density at radius 2 is 1.63 bits per heavy atom. The van der Waals surface area contributed by atoms with Gasteiger partial charge in [0.15, 0.2) is 5.78 Å². The maximum atomic E-state index is 13.5. The summed E-state index contributed by atoms with van der Waals surface area (Å²) >= 11 is 0.844. The molecule has 0 atom stereocenters. The molecule has 0 spiro atoms. The fourth-order valence-corrected chi connectivity index (χ4v) is 3.71. The highest BCUT2D eigenvalue weighted by atomic mass is 32.1. The molecule has 2 aromatic rings. The van der Waals surface area contributed by atoms with E-state index in [-0.39, 0.29) is 17.0 Å². The molecule has 0 aliphatic heterocycles. The average molecular weight is 449 g/mol. The molecule has 0 saturated carbocycles. The minimum atomic E-state index is -4.74. The second-order valence-electron chi connectivity index (χ2n) is 6.95. The first kappa shape index (κ1) is 24.1. The zero-order chi connectivity index (χ0) is 22.4. The first-order valence-corrected chi connectivity index (χ1v) is 10.2. The molecule has 2 nitrogen and oxygen atoms in total. The maximum Gasteiger partial charge on any atom is 0.419 e. The van der Waals surface area contributed by atoms with Crippen molar-refractivity contribution >= 4 is 22.7 Å². The molecule has 0 saturated heterocycles. The molecule has 0 unspecified atom stereocenters. The van der Waals surface area contributed by atoms with E-state index in [2.05, 4.69) is 4.98 Å². The van der Waals surface area contributed by atoms with Crippen LogP contribution in [0.3, 0.4) is 0 Å². The van der Waals surface area contributed by atoms with Gasteiger partial charge < -0.3 is 0 Å². The lowest BCUT2D eigenvalue weighted by Crippen LogP contribution is -2.12. The van der Waals surface area contributed by atoms with Crippen LogP contribution in [-0.4, -0.2) is 23.1 Å². The van der Waals surface area contributed by atoms with Gasteiger partial charge in [0.05, 0.1) is 5.57 Å². The molecule has 9 heteroatoms. The van der Waals surface area contributed by atoms with E-state index in [9.17, 15) is 31.1 Å². The van der Waals surface area contributed by atoms with Gasteiger partial charge in [0.25, 0.3) is 0 Å². The highest BCUT2D eigenvalue weighted by Gasteiger charge is 2.37. The van der Waals surface area contributed by atoms with Gasteiger partial charge in [-0.2, -0.15) is 26.3 Å². The monoisotopic (exact) mass is 449 g/mol. The molecular formula is C21H21F6NOS. The van der Waals surface area contributed by atoms with E-state index in [0.29, 0.717) is 36.6 Å². The van der Waals surface area contributed by atoms with Crippen LogP contribution in [0.15, 0.2) is 36.5 Å². The third-order valence-corrected chi connectivity index (χ3v) is 5.42. The van der Waals surface area contributed by atoms with Crippen molar-refractivity contribution < 1.29 is 31.1 Å². The lowest BCUT2D eigenvalue weighted by atomic mass is 10.1. The van der Waals surface area contributed by atoms with E-state index in [1.807, 2.05) is 0 Å². The van der Waals surface area contributed by atoms with E-state index in [0.717, 1.165) is 16.9 Å². The Bertz CT molecular complexity index is 865. The lowest BCUT2D eigenvalue weighted by molar-refractivity contribution is -0.135. The summed E-state index contributed by atoms with van der Waals surface area (Å²) in [6.07, 6.45) is -5.85. The molecular weight excluding hydrogens is 428 g/mol. The number of rotatable bonds is 9. The Morgan fingerprint density at radius 1 is 1.00 bits per heavy atom. The van der Waals surface area contributed by atoms with E-state index in [1.54, 1.807) is 19.1 Å². The van der Waals surface area contributed by atoms with Crippen LogP contribution in [0, 0.1) is 6.92 Å². The first-order valence-electron chi connectivity index (χ1n) is 9.37. The number of thiazole rings is 1. The summed E-state index contributed by atoms with van der Waals surface area (Å²) in [6, 6.07) is 6.22. The van der Waals surface area contributed by atoms with E-state index < -0.39 is 30.1 Å². The van der Waals surface area contributed by atoms with Crippen molar-refractivity contribution in [2.24, 2.45) is 0 Å². The highest BCUT2D eigenvalue weighted by molar-refractivity contribution is 7.12. The van der Waals surface area contributed by atoms with Crippen LogP contribution >= 0.6 is 11.3 Å². The van der Waals surface area contributed by atoms with E-state index >= 15 is 0 Å². The van der Waals surface area contributed by atoms with Gasteiger partial charge in [-0.05, 0) is 26.2 Å². The summed E-state index contributed by atoms with van der Waals surface area (Å²) in [5.41, 5.74) is -0.0676. The molecule has 0 fully saturated rings. The van der Waals surface area contributed by atoms with Crippen molar-refractivity contribution in [2.75, 3.05) is 0 Å². The molecule has 0 amide bonds. The van der Waals surface area contributed by atoms with Crippen LogP contribution in [0.5, 0.6) is 0 Å². The van der Waals surface area contributed by atoms with Gasteiger partial charge in [-0.1, -0.05) is 42.7 Å². The second kappa shape index (κ2) is 10.2. The van der Waals surface area contributed by atoms with Crippen molar-refractivity contribution in [2.45, 2.75) is 57.8 Å². The Labute approximate surface area is 174 Å². The Balaban J connectivity index is 2.01. The smallest absolute Gasteiger partial charge is 0.289 e. The van der Waals surface area contributed by atoms with Crippen molar-refractivity contribution in [3.05, 3.63) is 57.6 Å². The van der Waals surface area contributed by atoms with E-state index in [1.165, 1.54) is 18.3 Å². The summed E-state index contributed by atoms with van der Waals surface area (Å²) in [7, 11) is 0. The molecule has 0 aliphatic rings. The fourth-order valence-electron chi connectivity index (χ4n) is 2.72. The predicted octanol–water partition coefficient (Wildman–Crippen LogP) is 7.34. The van der Waals surface area contributed by atoms with Gasteiger partial charge in [-0.3, -0.25) is 4.79 Å². The lowest BCUT2D eigenvalue weighted by Gasteiger charge is -2.09. The van der Waals surface area contributed by atoms with Gasteiger partial charge in [0.1, 0.15) is 5.01 Å². The number of allylic oxidation sites excluding steroid dienone is 2. The second-order valence-corrected chi connectivity index (χ2v) is 8.06. The van der Waals surface area contributed by atoms with Gasteiger partial charge in [-0.25, -0.2) is 4.98 Å². The summed E-state index contributed by atoms with van der Waals surface area (Å²) in [5, 5.41) is -0.296. The maximum absolute atomic E-state index is 13.5. The number of halogens is 6. The van der Waals surface area contributed by atoms with Crippen molar-refractivity contribution in [3.63, 3.8) is 0 Å². The Morgan fingerprint density at radius 3 is 2.23 bits per heavy atom. The van der Waals surface area contributed by atoms with Crippen molar-refractivity contribution in [3.8, 4) is 0 Å². The normalized spacial score (nSPS) is 13.0. The fraction of sp³-hybridized carbons (Fsp3) is 0.429. The van der Waals surface area contributed by atoms with Gasteiger partial charge in [0.2, 0.25) is 0 Å². The largest absolute Gasteiger partial charge is 0.419 e. The zero-order valence-corrected chi connectivity index (χ0v) is 17.1. The Hall–Kier alpha value is -2.16. The topological polar surface area (TPSA) is 30.0 Å². The third kappa shape index (κ3) is 7.93. The number of hydrogen-bond donors (Lipinski definition) is 0. The minimum absolute atomic E-state index is 0.0412. The summed E-state index contributed by atoms with van der Waals surface area (Å²) in [5.74, 6) is -0.760. The molecule has 0 N–H and O–H groups in total. The van der Waals surface area contributed by atoms with Crippen LogP contribution in [0.4, 0.5) is 26.3 Å². The predicted molar refractivity (Wildman–Crippen MR) is 104 cm³/mol. The number of hydrogen-bond acceptors (Lipinski definition) is 3. The number of aryl methyl sites for hydroxylation is 2. The number of unbranched alkanes of at least 4 members (excludes halogenated alkanes) is 3. The SMILES string of the molecule is Cc1ccc(C(=O)/C=C(/c2ncc(CCCCCCC(F)(F)F)s2)C(F)(F)F)cc1. The average Bonchev–Trinajstić information content (AvgIpc) is 3.09. The minimum Gasteiger partial charge on any atom is -0.289 e. The number of aromatic nitrogens is 1. The first-order chi connectivity index (χ1) is 14.0. The molecule has 0 bridgehead atoms. The molecule has 1 heterocycles. The number of benzene rings is 1. The number of carbonyl (C=O) groups is 1. The number of alkyl halides is 6. The van der Waals surface area contributed by atoms with Gasteiger partial charge in [0, 0.05) is 29.1 Å². The Kier molecular flexibility index (Phi) is 8.23. The molecule has 0 radical (unpaired) electrons. The number of ketones is 1. The van der Waals surface area contributed by atoms with Crippen LogP contribution < -0.4 is 0 Å². The standard InChI is InChI=1S/C21H21F6NOS/c1-14-7-9-15(10-8-14)18(29)12-17(21(25,26)27)19-28-13-16(30-19)6-4-2-3-5-11-20(22,23)24/h7-10,12-13H,2-6,11H2,1H3/b17-12-. The number of carbonyl (C=O) groups excluding carboxylic acids is 1. The van der Waals surface area contributed by atoms with Crippen LogP contribution in [0.2, 0.25) is 0 Å². The van der Waals surface area contributed by atoms with Gasteiger partial charge in [-0.15, -0.1) is 11.3 Å². The molecule has 1 aromatic heterocycles. The van der Waals surface area contributed by atoms with E-state index in [4.69, 9.17) is 0 Å². The molecule has 164 valence electrons. The quantitative estimate of drug-likeness (QED) is 0.174. The number of nitrogens with zero attached hydrogens (tertiary/aromatic N) is 1. The molecule has 1 aromatic carbocycles. The summed E-state index contributed by atoms with van der Waals surface area (Å²) in [4.78, 5) is 16.7.